The fourth-order valence-corrected chi connectivity index (χ4v) is 5.74. The molecule has 0 bridgehead atoms. The molecule has 0 unspecified atom stereocenters. The lowest BCUT2D eigenvalue weighted by Gasteiger charge is -2.37. The molecule has 1 aliphatic carbocycles. The minimum atomic E-state index is -3.49. The predicted molar refractivity (Wildman–Crippen MR) is 120 cm³/mol. The second-order valence-corrected chi connectivity index (χ2v) is 10.6. The number of amides is 1. The van der Waals surface area contributed by atoms with Crippen LogP contribution in [0.3, 0.4) is 0 Å². The third kappa shape index (κ3) is 5.07. The molecule has 1 amide bonds. The SMILES string of the molecule is O=C(NCc1ccc(S(=O)(=O)NC2CC2)cc1)C1(c2ccc(Cl)cc2Cl)CCOCC1. The van der Waals surface area contributed by atoms with Gasteiger partial charge in [0.2, 0.25) is 15.9 Å². The third-order valence-corrected chi connectivity index (χ3v) is 7.90. The van der Waals surface area contributed by atoms with Crippen LogP contribution in [0.5, 0.6) is 0 Å². The van der Waals surface area contributed by atoms with Gasteiger partial charge in [-0.1, -0.05) is 41.4 Å². The van der Waals surface area contributed by atoms with Gasteiger partial charge in [-0.15, -0.1) is 0 Å². The lowest BCUT2D eigenvalue weighted by Crippen LogP contribution is -2.48. The van der Waals surface area contributed by atoms with Crippen molar-refractivity contribution in [3.8, 4) is 0 Å². The van der Waals surface area contributed by atoms with Crippen molar-refractivity contribution in [3.05, 3.63) is 63.6 Å². The van der Waals surface area contributed by atoms with Gasteiger partial charge >= 0.3 is 0 Å². The van der Waals surface area contributed by atoms with Crippen LogP contribution in [0.4, 0.5) is 0 Å². The average molecular weight is 483 g/mol. The number of benzene rings is 2. The molecule has 2 aromatic rings. The summed E-state index contributed by atoms with van der Waals surface area (Å²) in [5.41, 5.74) is 0.757. The van der Waals surface area contributed by atoms with Crippen molar-refractivity contribution < 1.29 is 17.9 Å². The fraction of sp³-hybridized carbons (Fsp3) is 0.409. The third-order valence-electron chi connectivity index (χ3n) is 5.81. The highest BCUT2D eigenvalue weighted by molar-refractivity contribution is 7.89. The fourth-order valence-electron chi connectivity index (χ4n) is 3.84. The molecule has 2 fully saturated rings. The van der Waals surface area contributed by atoms with Gasteiger partial charge in [0.25, 0.3) is 0 Å². The molecule has 1 saturated carbocycles. The number of rotatable bonds is 7. The number of hydrogen-bond acceptors (Lipinski definition) is 4. The number of hydrogen-bond donors (Lipinski definition) is 2. The Labute approximate surface area is 192 Å². The molecular formula is C22H24Cl2N2O4S. The van der Waals surface area contributed by atoms with Crippen molar-refractivity contribution >= 4 is 39.1 Å². The molecule has 2 N–H and O–H groups in total. The molecule has 0 radical (unpaired) electrons. The summed E-state index contributed by atoms with van der Waals surface area (Å²) in [6.45, 7) is 1.21. The molecule has 2 aliphatic rings. The number of ether oxygens (including phenoxy) is 1. The molecular weight excluding hydrogens is 459 g/mol. The van der Waals surface area contributed by atoms with Crippen LogP contribution in [0.2, 0.25) is 10.0 Å². The van der Waals surface area contributed by atoms with Crippen molar-refractivity contribution in [3.63, 3.8) is 0 Å². The van der Waals surface area contributed by atoms with Crippen molar-refractivity contribution in [2.75, 3.05) is 13.2 Å². The van der Waals surface area contributed by atoms with Crippen LogP contribution in [0, 0.1) is 0 Å². The summed E-state index contributed by atoms with van der Waals surface area (Å²) in [7, 11) is -3.49. The van der Waals surface area contributed by atoms with E-state index in [1.165, 1.54) is 0 Å². The summed E-state index contributed by atoms with van der Waals surface area (Å²) in [5, 5.41) is 3.98. The van der Waals surface area contributed by atoms with Gasteiger partial charge in [0.15, 0.2) is 0 Å². The lowest BCUT2D eigenvalue weighted by atomic mass is 9.73. The number of carbonyl (C=O) groups excluding carboxylic acids is 1. The predicted octanol–water partition coefficient (Wildman–Crippen LogP) is 3.80. The minimum absolute atomic E-state index is 0.0549. The Morgan fingerprint density at radius 3 is 2.35 bits per heavy atom. The highest BCUT2D eigenvalue weighted by Crippen LogP contribution is 2.40. The minimum Gasteiger partial charge on any atom is -0.381 e. The van der Waals surface area contributed by atoms with Crippen molar-refractivity contribution in [1.29, 1.82) is 0 Å². The summed E-state index contributed by atoms with van der Waals surface area (Å²) in [6, 6.07) is 11.8. The summed E-state index contributed by atoms with van der Waals surface area (Å²) in [6.07, 6.45) is 2.80. The van der Waals surface area contributed by atoms with E-state index in [4.69, 9.17) is 27.9 Å². The molecule has 4 rings (SSSR count). The molecule has 31 heavy (non-hydrogen) atoms. The molecule has 166 valence electrons. The maximum Gasteiger partial charge on any atom is 0.240 e. The molecule has 2 aromatic carbocycles. The van der Waals surface area contributed by atoms with E-state index in [9.17, 15) is 13.2 Å². The van der Waals surface area contributed by atoms with Gasteiger partial charge in [-0.05, 0) is 61.1 Å². The van der Waals surface area contributed by atoms with Crippen LogP contribution < -0.4 is 10.0 Å². The smallest absolute Gasteiger partial charge is 0.240 e. The van der Waals surface area contributed by atoms with E-state index in [0.717, 1.165) is 24.0 Å². The number of halogens is 2. The lowest BCUT2D eigenvalue weighted by molar-refractivity contribution is -0.130. The second-order valence-electron chi connectivity index (χ2n) is 8.04. The van der Waals surface area contributed by atoms with Crippen LogP contribution in [-0.4, -0.2) is 33.6 Å². The Morgan fingerprint density at radius 2 is 1.74 bits per heavy atom. The topological polar surface area (TPSA) is 84.5 Å². The van der Waals surface area contributed by atoms with E-state index < -0.39 is 15.4 Å². The second kappa shape index (κ2) is 9.08. The van der Waals surface area contributed by atoms with Gasteiger partial charge in [-0.3, -0.25) is 4.79 Å². The molecule has 1 heterocycles. The van der Waals surface area contributed by atoms with Crippen molar-refractivity contribution in [2.45, 2.75) is 48.6 Å². The Morgan fingerprint density at radius 1 is 1.06 bits per heavy atom. The molecule has 1 aliphatic heterocycles. The van der Waals surface area contributed by atoms with Crippen LogP contribution in [0.15, 0.2) is 47.4 Å². The Kier molecular flexibility index (Phi) is 6.60. The molecule has 6 nitrogen and oxygen atoms in total. The zero-order valence-electron chi connectivity index (χ0n) is 16.9. The van der Waals surface area contributed by atoms with Crippen LogP contribution in [-0.2, 0) is 31.5 Å². The summed E-state index contributed by atoms with van der Waals surface area (Å²) in [5.74, 6) is -0.132. The van der Waals surface area contributed by atoms with Gasteiger partial charge in [0.05, 0.1) is 10.3 Å². The summed E-state index contributed by atoms with van der Waals surface area (Å²) >= 11 is 12.5. The van der Waals surface area contributed by atoms with E-state index >= 15 is 0 Å². The van der Waals surface area contributed by atoms with Gasteiger partial charge in [-0.25, -0.2) is 13.1 Å². The van der Waals surface area contributed by atoms with Gasteiger partial charge in [0, 0.05) is 35.8 Å². The highest BCUT2D eigenvalue weighted by atomic mass is 35.5. The van der Waals surface area contributed by atoms with Gasteiger partial charge in [0.1, 0.15) is 0 Å². The number of sulfonamides is 1. The Bertz CT molecular complexity index is 1060. The van der Waals surface area contributed by atoms with Crippen molar-refractivity contribution in [2.24, 2.45) is 0 Å². The molecule has 0 spiro atoms. The molecule has 1 saturated heterocycles. The monoisotopic (exact) mass is 482 g/mol. The highest BCUT2D eigenvalue weighted by Gasteiger charge is 2.43. The maximum atomic E-state index is 13.3. The first-order valence-corrected chi connectivity index (χ1v) is 12.5. The van der Waals surface area contributed by atoms with E-state index in [1.807, 2.05) is 6.07 Å². The summed E-state index contributed by atoms with van der Waals surface area (Å²) in [4.78, 5) is 13.5. The Hall–Kier alpha value is -1.64. The summed E-state index contributed by atoms with van der Waals surface area (Å²) < 4.78 is 32.8. The first-order valence-electron chi connectivity index (χ1n) is 10.2. The van der Waals surface area contributed by atoms with Gasteiger partial charge < -0.3 is 10.1 Å². The largest absolute Gasteiger partial charge is 0.381 e. The average Bonchev–Trinajstić information content (AvgIpc) is 3.56. The van der Waals surface area contributed by atoms with Crippen LogP contribution >= 0.6 is 23.2 Å². The van der Waals surface area contributed by atoms with E-state index in [-0.39, 0.29) is 23.4 Å². The quantitative estimate of drug-likeness (QED) is 0.628. The molecule has 0 atom stereocenters. The van der Waals surface area contributed by atoms with E-state index in [1.54, 1.807) is 36.4 Å². The van der Waals surface area contributed by atoms with E-state index in [0.29, 0.717) is 36.1 Å². The zero-order chi connectivity index (χ0) is 22.1. The Balaban J connectivity index is 1.48. The molecule has 9 heteroatoms. The first kappa shape index (κ1) is 22.6. The van der Waals surface area contributed by atoms with Gasteiger partial charge in [-0.2, -0.15) is 0 Å². The van der Waals surface area contributed by atoms with E-state index in [2.05, 4.69) is 10.0 Å². The molecule has 0 aromatic heterocycles. The normalized spacial score (nSPS) is 18.5. The number of nitrogens with one attached hydrogen (secondary N) is 2. The maximum absolute atomic E-state index is 13.3. The zero-order valence-corrected chi connectivity index (χ0v) is 19.2. The van der Waals surface area contributed by atoms with Crippen LogP contribution in [0.1, 0.15) is 36.8 Å². The number of carbonyl (C=O) groups is 1. The van der Waals surface area contributed by atoms with Crippen molar-refractivity contribution in [1.82, 2.24) is 10.0 Å². The standard InChI is InChI=1S/C22H24Cl2N2O4S/c23-16-3-8-19(20(24)13-16)22(9-11-30-12-10-22)21(27)25-14-15-1-6-18(7-2-15)31(28,29)26-17-4-5-17/h1-3,6-8,13,17,26H,4-5,9-12,14H2,(H,25,27). The van der Waals surface area contributed by atoms with Crippen LogP contribution in [0.25, 0.3) is 0 Å². The first-order chi connectivity index (χ1) is 14.8.